The van der Waals surface area contributed by atoms with Crippen LogP contribution in [-0.4, -0.2) is 14.1 Å². The Kier molecular flexibility index (Phi) is 3.00. The molecule has 0 saturated heterocycles. The first-order chi connectivity index (χ1) is 5.47. The molecule has 0 unspecified atom stereocenters. The van der Waals surface area contributed by atoms with Crippen LogP contribution in [0.4, 0.5) is 8.78 Å². The van der Waals surface area contributed by atoms with Crippen molar-refractivity contribution >= 4 is 27.7 Å². The summed E-state index contributed by atoms with van der Waals surface area (Å²) in [6.45, 7) is 1.79. The summed E-state index contributed by atoms with van der Waals surface area (Å²) in [5.74, 6) is 0. The maximum Gasteiger partial charge on any atom is 0.356 e. The predicted octanol–water partition coefficient (Wildman–Crippen LogP) is 2.82. The van der Waals surface area contributed by atoms with E-state index in [1.54, 1.807) is 6.92 Å². The summed E-state index contributed by atoms with van der Waals surface area (Å²) in [5, 5.41) is 0.0578. The molecular weight excluding hydrogens is 250 g/mol. The van der Waals surface area contributed by atoms with Gasteiger partial charge in [0.15, 0.2) is 5.16 Å². The van der Waals surface area contributed by atoms with Gasteiger partial charge in [-0.25, -0.2) is 9.97 Å². The minimum absolute atomic E-state index is 0.0578. The van der Waals surface area contributed by atoms with E-state index in [1.807, 2.05) is 0 Å². The molecule has 0 fully saturated rings. The van der Waals surface area contributed by atoms with Gasteiger partial charge < -0.3 is 0 Å². The Labute approximate surface area is 80.9 Å². The summed E-state index contributed by atoms with van der Waals surface area (Å²) in [4.78, 5) is 7.41. The van der Waals surface area contributed by atoms with Gasteiger partial charge in [0.2, 0.25) is 0 Å². The first-order valence-electron chi connectivity index (χ1n) is 3.02. The van der Waals surface area contributed by atoms with E-state index in [4.69, 9.17) is 0 Å². The summed E-state index contributed by atoms with van der Waals surface area (Å²) < 4.78 is 21.6. The van der Waals surface area contributed by atoms with E-state index in [9.17, 15) is 8.78 Å². The minimum atomic E-state index is -3.00. The molecule has 0 radical (unpaired) electrons. The molecule has 0 saturated carbocycles. The lowest BCUT2D eigenvalue weighted by Gasteiger charge is -2.04. The smallest absolute Gasteiger partial charge is 0.231 e. The lowest BCUT2D eigenvalue weighted by molar-refractivity contribution is 0.220. The number of alkyl halides is 3. The Morgan fingerprint density at radius 3 is 2.33 bits per heavy atom. The molecule has 0 N–H and O–H groups in total. The van der Waals surface area contributed by atoms with Crippen LogP contribution >= 0.6 is 27.7 Å². The van der Waals surface area contributed by atoms with Crippen molar-refractivity contribution in [2.75, 3.05) is 0 Å². The molecule has 2 nitrogen and oxygen atoms in total. The molecule has 0 aliphatic carbocycles. The van der Waals surface area contributed by atoms with Gasteiger partial charge in [0.25, 0.3) is 0 Å². The largest absolute Gasteiger partial charge is 0.356 e. The zero-order valence-corrected chi connectivity index (χ0v) is 8.49. The highest BCUT2D eigenvalue weighted by Crippen LogP contribution is 2.38. The van der Waals surface area contributed by atoms with Crippen LogP contribution in [0, 0.1) is 6.92 Å². The van der Waals surface area contributed by atoms with Gasteiger partial charge in [0, 0.05) is 40.1 Å². The maximum absolute atomic E-state index is 12.3. The standard InChI is InChI=1S/C6H5BrF2N2S/c1-4-2-10-5(11-3-4)12-6(7,8)9/h2-3H,1H3. The van der Waals surface area contributed by atoms with Crippen LogP contribution in [0.3, 0.4) is 0 Å². The molecule has 0 aliphatic heterocycles. The number of nitrogens with zero attached hydrogens (tertiary/aromatic N) is 2. The number of rotatable bonds is 2. The molecule has 0 aromatic carbocycles. The minimum Gasteiger partial charge on any atom is -0.231 e. The summed E-state index contributed by atoms with van der Waals surface area (Å²) >= 11 is 2.45. The Morgan fingerprint density at radius 2 is 1.92 bits per heavy atom. The van der Waals surface area contributed by atoms with Crippen molar-refractivity contribution in [2.24, 2.45) is 0 Å². The van der Waals surface area contributed by atoms with Crippen molar-refractivity contribution in [3.63, 3.8) is 0 Å². The molecule has 0 spiro atoms. The molecule has 12 heavy (non-hydrogen) atoms. The van der Waals surface area contributed by atoms with Crippen LogP contribution in [0.5, 0.6) is 0 Å². The molecule has 1 aromatic heterocycles. The molecule has 6 heteroatoms. The van der Waals surface area contributed by atoms with Gasteiger partial charge in [-0.1, -0.05) is 0 Å². The lowest BCUT2D eigenvalue weighted by atomic mass is 10.4. The second kappa shape index (κ2) is 3.66. The quantitative estimate of drug-likeness (QED) is 0.461. The second-order valence-corrected chi connectivity index (χ2v) is 4.69. The highest BCUT2D eigenvalue weighted by atomic mass is 79.9. The van der Waals surface area contributed by atoms with Crippen molar-refractivity contribution in [2.45, 2.75) is 16.2 Å². The zero-order valence-electron chi connectivity index (χ0n) is 6.09. The number of halogens is 3. The third-order valence-corrected chi connectivity index (χ3v) is 2.07. The first kappa shape index (κ1) is 9.85. The molecule has 66 valence electrons. The molecular formula is C6H5BrF2N2S. The Bertz CT molecular complexity index is 259. The molecule has 0 atom stereocenters. The average molecular weight is 255 g/mol. The zero-order chi connectivity index (χ0) is 9.19. The Morgan fingerprint density at radius 1 is 1.42 bits per heavy atom. The van der Waals surface area contributed by atoms with Crippen LogP contribution in [0.2, 0.25) is 0 Å². The monoisotopic (exact) mass is 254 g/mol. The van der Waals surface area contributed by atoms with Crippen LogP contribution in [0.25, 0.3) is 0 Å². The van der Waals surface area contributed by atoms with Gasteiger partial charge in [-0.15, -0.1) is 0 Å². The molecule has 0 bridgehead atoms. The summed E-state index contributed by atoms with van der Waals surface area (Å²) in [6.07, 6.45) is 2.99. The third kappa shape index (κ3) is 3.44. The van der Waals surface area contributed by atoms with Crippen LogP contribution in [0.15, 0.2) is 17.6 Å². The van der Waals surface area contributed by atoms with Crippen molar-refractivity contribution in [3.05, 3.63) is 18.0 Å². The number of aromatic nitrogens is 2. The van der Waals surface area contributed by atoms with Crippen molar-refractivity contribution < 1.29 is 8.78 Å². The summed E-state index contributed by atoms with van der Waals surface area (Å²) in [6, 6.07) is 0. The normalized spacial score (nSPS) is 11.7. The summed E-state index contributed by atoms with van der Waals surface area (Å²) in [5.41, 5.74) is 0.845. The van der Waals surface area contributed by atoms with Crippen molar-refractivity contribution in [3.8, 4) is 0 Å². The van der Waals surface area contributed by atoms with Gasteiger partial charge in [-0.05, 0) is 12.5 Å². The average Bonchev–Trinajstić information content (AvgIpc) is 1.91. The highest BCUT2D eigenvalue weighted by Gasteiger charge is 2.27. The molecule has 0 aliphatic rings. The fourth-order valence-corrected chi connectivity index (χ4v) is 1.39. The maximum atomic E-state index is 12.3. The predicted molar refractivity (Wildman–Crippen MR) is 46.5 cm³/mol. The van der Waals surface area contributed by atoms with Crippen molar-refractivity contribution in [1.82, 2.24) is 9.97 Å². The van der Waals surface area contributed by atoms with E-state index in [1.165, 1.54) is 12.4 Å². The van der Waals surface area contributed by atoms with E-state index in [0.717, 1.165) is 5.56 Å². The van der Waals surface area contributed by atoms with E-state index in [2.05, 4.69) is 25.9 Å². The van der Waals surface area contributed by atoms with Gasteiger partial charge in [-0.2, -0.15) is 8.78 Å². The van der Waals surface area contributed by atoms with Gasteiger partial charge in [-0.3, -0.25) is 0 Å². The third-order valence-electron chi connectivity index (χ3n) is 0.964. The number of hydrogen-bond acceptors (Lipinski definition) is 3. The van der Waals surface area contributed by atoms with E-state index >= 15 is 0 Å². The van der Waals surface area contributed by atoms with Crippen LogP contribution < -0.4 is 0 Å². The second-order valence-electron chi connectivity index (χ2n) is 2.09. The first-order valence-corrected chi connectivity index (χ1v) is 4.63. The SMILES string of the molecule is Cc1cnc(SC(F)(F)Br)nc1. The lowest BCUT2D eigenvalue weighted by Crippen LogP contribution is -1.99. The van der Waals surface area contributed by atoms with E-state index in [0.29, 0.717) is 0 Å². The topological polar surface area (TPSA) is 25.8 Å². The van der Waals surface area contributed by atoms with Gasteiger partial charge in [0.1, 0.15) is 0 Å². The number of hydrogen-bond donors (Lipinski definition) is 0. The van der Waals surface area contributed by atoms with Crippen molar-refractivity contribution in [1.29, 1.82) is 0 Å². The van der Waals surface area contributed by atoms with Gasteiger partial charge in [0.05, 0.1) is 0 Å². The fraction of sp³-hybridized carbons (Fsp3) is 0.333. The molecule has 1 heterocycles. The Hall–Kier alpha value is -0.230. The highest BCUT2D eigenvalue weighted by molar-refractivity contribution is 9.11. The molecule has 1 aromatic rings. The summed E-state index contributed by atoms with van der Waals surface area (Å²) in [7, 11) is 0. The fourth-order valence-electron chi connectivity index (χ4n) is 0.537. The van der Waals surface area contributed by atoms with E-state index < -0.39 is 4.16 Å². The molecule has 1 rings (SSSR count). The van der Waals surface area contributed by atoms with E-state index in [-0.39, 0.29) is 16.9 Å². The molecule has 0 amide bonds. The Balaban J connectivity index is 2.71. The number of thioether (sulfide) groups is 1. The van der Waals surface area contributed by atoms with Crippen LogP contribution in [-0.2, 0) is 0 Å². The van der Waals surface area contributed by atoms with Gasteiger partial charge >= 0.3 is 4.16 Å². The van der Waals surface area contributed by atoms with Crippen LogP contribution in [0.1, 0.15) is 5.56 Å². The number of aryl methyl sites for hydroxylation is 1.